The van der Waals surface area contributed by atoms with Crippen LogP contribution in [0.25, 0.3) is 0 Å². The second kappa shape index (κ2) is 5.77. The molecular formula is C13H19NO3. The first-order chi connectivity index (χ1) is 8.31. The van der Waals surface area contributed by atoms with Crippen LogP contribution in [-0.2, 0) is 4.74 Å². The van der Waals surface area contributed by atoms with Gasteiger partial charge in [-0.1, -0.05) is 0 Å². The summed E-state index contributed by atoms with van der Waals surface area (Å²) in [7, 11) is 3.32. The van der Waals surface area contributed by atoms with Crippen LogP contribution in [0.4, 0.5) is 5.69 Å². The van der Waals surface area contributed by atoms with Crippen molar-refractivity contribution < 1.29 is 14.2 Å². The predicted molar refractivity (Wildman–Crippen MR) is 67.0 cm³/mol. The number of methoxy groups -OCH3 is 2. The standard InChI is InChI=1S/C13H19NO3/c1-15-12-7-11(8-13(9-12)16-2)14-10-3-5-17-6-4-10/h7-10,14H,3-6H2,1-2H3. The van der Waals surface area contributed by atoms with Gasteiger partial charge in [0.05, 0.1) is 14.2 Å². The highest BCUT2D eigenvalue weighted by atomic mass is 16.5. The Hall–Kier alpha value is -1.42. The zero-order valence-electron chi connectivity index (χ0n) is 10.4. The van der Waals surface area contributed by atoms with E-state index in [-0.39, 0.29) is 0 Å². The smallest absolute Gasteiger partial charge is 0.124 e. The van der Waals surface area contributed by atoms with E-state index in [0.717, 1.165) is 43.2 Å². The lowest BCUT2D eigenvalue weighted by Crippen LogP contribution is -2.27. The van der Waals surface area contributed by atoms with Crippen molar-refractivity contribution in [2.45, 2.75) is 18.9 Å². The summed E-state index contributed by atoms with van der Waals surface area (Å²) in [5.41, 5.74) is 1.04. The van der Waals surface area contributed by atoms with Crippen molar-refractivity contribution in [2.24, 2.45) is 0 Å². The van der Waals surface area contributed by atoms with Crippen LogP contribution in [0.5, 0.6) is 11.5 Å². The Morgan fingerprint density at radius 3 is 2.18 bits per heavy atom. The molecule has 4 nitrogen and oxygen atoms in total. The van der Waals surface area contributed by atoms with Crippen molar-refractivity contribution >= 4 is 5.69 Å². The molecule has 0 aliphatic carbocycles. The number of ether oxygens (including phenoxy) is 3. The van der Waals surface area contributed by atoms with Gasteiger partial charge in [0.15, 0.2) is 0 Å². The molecule has 1 aromatic carbocycles. The molecule has 1 heterocycles. The molecule has 0 atom stereocenters. The summed E-state index contributed by atoms with van der Waals surface area (Å²) in [6.07, 6.45) is 2.08. The van der Waals surface area contributed by atoms with Gasteiger partial charge in [0.25, 0.3) is 0 Å². The lowest BCUT2D eigenvalue weighted by molar-refractivity contribution is 0.0904. The van der Waals surface area contributed by atoms with Gasteiger partial charge in [-0.2, -0.15) is 0 Å². The monoisotopic (exact) mass is 237 g/mol. The van der Waals surface area contributed by atoms with Crippen LogP contribution >= 0.6 is 0 Å². The zero-order chi connectivity index (χ0) is 12.1. The van der Waals surface area contributed by atoms with Gasteiger partial charge < -0.3 is 19.5 Å². The van der Waals surface area contributed by atoms with Crippen molar-refractivity contribution in [3.63, 3.8) is 0 Å². The second-order valence-electron chi connectivity index (χ2n) is 4.13. The lowest BCUT2D eigenvalue weighted by atomic mass is 10.1. The number of benzene rings is 1. The SMILES string of the molecule is COc1cc(NC2CCOCC2)cc(OC)c1. The van der Waals surface area contributed by atoms with Crippen LogP contribution in [-0.4, -0.2) is 33.5 Å². The summed E-state index contributed by atoms with van der Waals surface area (Å²) in [6.45, 7) is 1.66. The fourth-order valence-electron chi connectivity index (χ4n) is 1.97. The summed E-state index contributed by atoms with van der Waals surface area (Å²) in [5.74, 6) is 1.61. The van der Waals surface area contributed by atoms with Crippen LogP contribution in [0.15, 0.2) is 18.2 Å². The molecule has 0 bridgehead atoms. The van der Waals surface area contributed by atoms with E-state index in [2.05, 4.69) is 5.32 Å². The van der Waals surface area contributed by atoms with Gasteiger partial charge >= 0.3 is 0 Å². The van der Waals surface area contributed by atoms with Gasteiger partial charge in [0.1, 0.15) is 11.5 Å². The fraction of sp³-hybridized carbons (Fsp3) is 0.538. The van der Waals surface area contributed by atoms with Crippen molar-refractivity contribution in [1.82, 2.24) is 0 Å². The van der Waals surface area contributed by atoms with Gasteiger partial charge in [0, 0.05) is 43.1 Å². The third-order valence-corrected chi connectivity index (χ3v) is 2.94. The van der Waals surface area contributed by atoms with E-state index in [1.807, 2.05) is 18.2 Å². The lowest BCUT2D eigenvalue weighted by Gasteiger charge is -2.24. The third-order valence-electron chi connectivity index (χ3n) is 2.94. The molecule has 1 aromatic rings. The Morgan fingerprint density at radius 2 is 1.65 bits per heavy atom. The predicted octanol–water partition coefficient (Wildman–Crippen LogP) is 2.29. The van der Waals surface area contributed by atoms with Crippen molar-refractivity contribution in [2.75, 3.05) is 32.8 Å². The molecule has 1 aliphatic heterocycles. The Kier molecular flexibility index (Phi) is 4.09. The number of rotatable bonds is 4. The van der Waals surface area contributed by atoms with Crippen molar-refractivity contribution in [3.05, 3.63) is 18.2 Å². The minimum absolute atomic E-state index is 0.473. The maximum Gasteiger partial charge on any atom is 0.124 e. The molecule has 1 aliphatic rings. The first kappa shape index (κ1) is 12.0. The molecule has 0 aromatic heterocycles. The number of nitrogens with one attached hydrogen (secondary N) is 1. The molecule has 0 saturated carbocycles. The van der Waals surface area contributed by atoms with E-state index in [4.69, 9.17) is 14.2 Å². The van der Waals surface area contributed by atoms with Crippen LogP contribution < -0.4 is 14.8 Å². The van der Waals surface area contributed by atoms with Gasteiger partial charge in [0.2, 0.25) is 0 Å². The maximum atomic E-state index is 5.34. The van der Waals surface area contributed by atoms with E-state index in [1.54, 1.807) is 14.2 Å². The molecular weight excluding hydrogens is 218 g/mol. The summed E-state index contributed by atoms with van der Waals surface area (Å²) < 4.78 is 15.8. The molecule has 94 valence electrons. The number of hydrogen-bond donors (Lipinski definition) is 1. The third kappa shape index (κ3) is 3.27. The number of anilines is 1. The fourth-order valence-corrected chi connectivity index (χ4v) is 1.97. The Labute approximate surface area is 102 Å². The molecule has 1 saturated heterocycles. The number of hydrogen-bond acceptors (Lipinski definition) is 4. The largest absolute Gasteiger partial charge is 0.497 e. The van der Waals surface area contributed by atoms with Gasteiger partial charge in [-0.15, -0.1) is 0 Å². The molecule has 17 heavy (non-hydrogen) atoms. The zero-order valence-corrected chi connectivity index (χ0v) is 10.4. The van der Waals surface area contributed by atoms with Crippen LogP contribution in [0.3, 0.4) is 0 Å². The topological polar surface area (TPSA) is 39.7 Å². The summed E-state index contributed by atoms with van der Waals surface area (Å²) in [6, 6.07) is 6.31. The van der Waals surface area contributed by atoms with Gasteiger partial charge in [-0.3, -0.25) is 0 Å². The summed E-state index contributed by atoms with van der Waals surface area (Å²) >= 11 is 0. The molecule has 4 heteroatoms. The summed E-state index contributed by atoms with van der Waals surface area (Å²) in [5, 5.41) is 3.49. The van der Waals surface area contributed by atoms with Crippen LogP contribution in [0, 0.1) is 0 Å². The maximum absolute atomic E-state index is 5.34. The molecule has 0 amide bonds. The van der Waals surface area contributed by atoms with Crippen LogP contribution in [0.2, 0.25) is 0 Å². The van der Waals surface area contributed by atoms with Crippen molar-refractivity contribution in [1.29, 1.82) is 0 Å². The second-order valence-corrected chi connectivity index (χ2v) is 4.13. The van der Waals surface area contributed by atoms with E-state index in [9.17, 15) is 0 Å². The quantitative estimate of drug-likeness (QED) is 0.872. The Bertz CT molecular complexity index is 339. The van der Waals surface area contributed by atoms with Gasteiger partial charge in [-0.25, -0.2) is 0 Å². The highest BCUT2D eigenvalue weighted by Gasteiger charge is 2.14. The first-order valence-electron chi connectivity index (χ1n) is 5.89. The highest BCUT2D eigenvalue weighted by Crippen LogP contribution is 2.27. The van der Waals surface area contributed by atoms with Crippen molar-refractivity contribution in [3.8, 4) is 11.5 Å². The van der Waals surface area contributed by atoms with E-state index in [0.29, 0.717) is 6.04 Å². The minimum Gasteiger partial charge on any atom is -0.497 e. The Morgan fingerprint density at radius 1 is 1.06 bits per heavy atom. The van der Waals surface area contributed by atoms with Gasteiger partial charge in [-0.05, 0) is 12.8 Å². The molecule has 1 fully saturated rings. The highest BCUT2D eigenvalue weighted by molar-refractivity contribution is 5.54. The van der Waals surface area contributed by atoms with E-state index in [1.165, 1.54) is 0 Å². The molecule has 0 radical (unpaired) electrons. The Balaban J connectivity index is 2.07. The summed E-state index contributed by atoms with van der Waals surface area (Å²) in [4.78, 5) is 0. The normalized spacial score (nSPS) is 16.6. The molecule has 1 N–H and O–H groups in total. The first-order valence-corrected chi connectivity index (χ1v) is 5.89. The van der Waals surface area contributed by atoms with E-state index >= 15 is 0 Å². The minimum atomic E-state index is 0.473. The molecule has 0 spiro atoms. The average Bonchev–Trinajstić information content (AvgIpc) is 2.39. The molecule has 2 rings (SSSR count). The average molecular weight is 237 g/mol. The van der Waals surface area contributed by atoms with E-state index < -0.39 is 0 Å². The molecule has 0 unspecified atom stereocenters. The van der Waals surface area contributed by atoms with Crippen LogP contribution in [0.1, 0.15) is 12.8 Å².